The maximum Gasteiger partial charge on any atom is 0.0778 e. The molecule has 6 heteroatoms. The van der Waals surface area contributed by atoms with Crippen molar-refractivity contribution >= 4 is 29.6 Å². The van der Waals surface area contributed by atoms with E-state index in [4.69, 9.17) is 21.3 Å². The Kier molecular flexibility index (Phi) is 10.1. The van der Waals surface area contributed by atoms with Gasteiger partial charge >= 0.3 is 0 Å². The van der Waals surface area contributed by atoms with Crippen LogP contribution in [-0.2, 0) is 27.0 Å². The van der Waals surface area contributed by atoms with Crippen LogP contribution in [0.1, 0.15) is 12.5 Å². The number of hydrogen-bond donors (Lipinski definition) is 1. The molecule has 1 aromatic carbocycles. The molecule has 24 heavy (non-hydrogen) atoms. The van der Waals surface area contributed by atoms with Crippen molar-refractivity contribution in [1.29, 1.82) is 0 Å². The SMILES string of the molecule is COCC(CNCCP(C)(C)=S)(SCc1ccccc1)C(C)OC. The highest BCUT2D eigenvalue weighted by Gasteiger charge is 2.37. The van der Waals surface area contributed by atoms with Crippen molar-refractivity contribution in [3.8, 4) is 0 Å². The van der Waals surface area contributed by atoms with E-state index in [1.54, 1.807) is 14.2 Å². The first-order chi connectivity index (χ1) is 11.3. The van der Waals surface area contributed by atoms with Crippen LogP contribution in [0.4, 0.5) is 0 Å². The lowest BCUT2D eigenvalue weighted by Crippen LogP contribution is -2.51. The van der Waals surface area contributed by atoms with Crippen molar-refractivity contribution in [3.63, 3.8) is 0 Å². The van der Waals surface area contributed by atoms with Gasteiger partial charge in [0.1, 0.15) is 0 Å². The summed E-state index contributed by atoms with van der Waals surface area (Å²) in [7, 11) is 3.54. The Morgan fingerprint density at radius 2 is 1.92 bits per heavy atom. The lowest BCUT2D eigenvalue weighted by Gasteiger charge is -2.37. The van der Waals surface area contributed by atoms with Crippen molar-refractivity contribution < 1.29 is 9.47 Å². The first kappa shape index (κ1) is 22.1. The predicted octanol–water partition coefficient (Wildman–Crippen LogP) is 3.67. The highest BCUT2D eigenvalue weighted by atomic mass is 32.4. The zero-order chi connectivity index (χ0) is 18.1. The fourth-order valence-corrected chi connectivity index (χ4v) is 4.78. The molecule has 1 aromatic rings. The maximum atomic E-state index is 5.70. The molecule has 1 rings (SSSR count). The van der Waals surface area contributed by atoms with Gasteiger partial charge in [-0.2, -0.15) is 0 Å². The van der Waals surface area contributed by atoms with Crippen LogP contribution in [0.5, 0.6) is 0 Å². The minimum atomic E-state index is -1.16. The van der Waals surface area contributed by atoms with Gasteiger partial charge in [0.05, 0.1) is 17.5 Å². The van der Waals surface area contributed by atoms with Gasteiger partial charge in [-0.25, -0.2) is 0 Å². The van der Waals surface area contributed by atoms with Gasteiger partial charge in [0.15, 0.2) is 0 Å². The lowest BCUT2D eigenvalue weighted by atomic mass is 10.0. The fraction of sp³-hybridized carbons (Fsp3) is 0.667. The van der Waals surface area contributed by atoms with Crippen LogP contribution in [0.3, 0.4) is 0 Å². The summed E-state index contributed by atoms with van der Waals surface area (Å²) in [5.41, 5.74) is 1.32. The summed E-state index contributed by atoms with van der Waals surface area (Å²) in [5, 5.41) is 3.60. The van der Waals surface area contributed by atoms with E-state index in [2.05, 4.69) is 55.9 Å². The van der Waals surface area contributed by atoms with Crippen molar-refractivity contribution in [3.05, 3.63) is 35.9 Å². The number of hydrogen-bond acceptors (Lipinski definition) is 5. The molecule has 0 radical (unpaired) electrons. The average Bonchev–Trinajstić information content (AvgIpc) is 2.55. The zero-order valence-electron chi connectivity index (χ0n) is 15.6. The Bertz CT molecular complexity index is 509. The van der Waals surface area contributed by atoms with Crippen LogP contribution >= 0.6 is 17.8 Å². The maximum absolute atomic E-state index is 5.70. The van der Waals surface area contributed by atoms with Crippen LogP contribution < -0.4 is 5.32 Å². The molecule has 0 fully saturated rings. The number of benzene rings is 1. The molecule has 0 aromatic heterocycles. The lowest BCUT2D eigenvalue weighted by molar-refractivity contribution is 0.0441. The van der Waals surface area contributed by atoms with Gasteiger partial charge in [0, 0.05) is 26.5 Å². The highest BCUT2D eigenvalue weighted by Crippen LogP contribution is 2.36. The predicted molar refractivity (Wildman–Crippen MR) is 113 cm³/mol. The van der Waals surface area contributed by atoms with Crippen molar-refractivity contribution in [2.45, 2.75) is 23.5 Å². The Hall–Kier alpha value is 0.1000. The van der Waals surface area contributed by atoms with Crippen molar-refractivity contribution in [1.82, 2.24) is 5.32 Å². The second-order valence-electron chi connectivity index (χ2n) is 6.62. The quantitative estimate of drug-likeness (QED) is 0.435. The minimum absolute atomic E-state index is 0.0879. The summed E-state index contributed by atoms with van der Waals surface area (Å²) in [4.78, 5) is 0. The molecule has 0 saturated carbocycles. The second-order valence-corrected chi connectivity index (χ2v) is 14.6. The zero-order valence-corrected chi connectivity index (χ0v) is 18.1. The van der Waals surface area contributed by atoms with Gasteiger partial charge in [0.25, 0.3) is 0 Å². The van der Waals surface area contributed by atoms with Gasteiger partial charge in [-0.1, -0.05) is 42.1 Å². The first-order valence-electron chi connectivity index (χ1n) is 8.27. The Labute approximate surface area is 157 Å². The monoisotopic (exact) mass is 389 g/mol. The van der Waals surface area contributed by atoms with E-state index in [0.29, 0.717) is 6.61 Å². The number of methoxy groups -OCH3 is 2. The van der Waals surface area contributed by atoms with E-state index in [-0.39, 0.29) is 10.9 Å². The van der Waals surface area contributed by atoms with Gasteiger partial charge in [-0.05, 0) is 44.6 Å². The standard InChI is InChI=1S/C18H32NO2PS2/c1-16(21-3)18(15-20-2,14-19-11-12-22(4,5)23)24-13-17-9-7-6-8-10-17/h6-10,16,19H,11-15H2,1-5H3. The van der Waals surface area contributed by atoms with Gasteiger partial charge in [0.2, 0.25) is 0 Å². The van der Waals surface area contributed by atoms with Crippen molar-refractivity contribution in [2.75, 3.05) is 53.4 Å². The summed E-state index contributed by atoms with van der Waals surface area (Å²) < 4.78 is 11.1. The summed E-state index contributed by atoms with van der Waals surface area (Å²) in [5.74, 6) is 0.944. The van der Waals surface area contributed by atoms with E-state index in [1.165, 1.54) is 5.56 Å². The molecule has 0 amide bonds. The molecular formula is C18H32NO2PS2. The van der Waals surface area contributed by atoms with Crippen LogP contribution in [-0.4, -0.2) is 64.3 Å². The van der Waals surface area contributed by atoms with E-state index in [9.17, 15) is 0 Å². The van der Waals surface area contributed by atoms with Gasteiger partial charge in [-0.15, -0.1) is 11.8 Å². The summed E-state index contributed by atoms with van der Waals surface area (Å²) >= 11 is 7.46. The third-order valence-electron chi connectivity index (χ3n) is 4.10. The molecule has 0 aliphatic rings. The highest BCUT2D eigenvalue weighted by molar-refractivity contribution is 8.14. The van der Waals surface area contributed by atoms with E-state index in [0.717, 1.165) is 25.0 Å². The molecule has 2 unspecified atom stereocenters. The number of rotatable bonds is 12. The number of ether oxygens (including phenoxy) is 2. The van der Waals surface area contributed by atoms with Gasteiger partial charge in [-0.3, -0.25) is 0 Å². The smallest absolute Gasteiger partial charge is 0.0778 e. The Morgan fingerprint density at radius 3 is 2.46 bits per heavy atom. The van der Waals surface area contributed by atoms with Crippen LogP contribution in [0.25, 0.3) is 0 Å². The van der Waals surface area contributed by atoms with Crippen LogP contribution in [0.15, 0.2) is 30.3 Å². The molecule has 0 aliphatic carbocycles. The average molecular weight is 390 g/mol. The molecular weight excluding hydrogens is 357 g/mol. The van der Waals surface area contributed by atoms with Crippen molar-refractivity contribution in [2.24, 2.45) is 0 Å². The van der Waals surface area contributed by atoms with E-state index >= 15 is 0 Å². The molecule has 138 valence electrons. The van der Waals surface area contributed by atoms with Gasteiger partial charge < -0.3 is 14.8 Å². The number of nitrogens with one attached hydrogen (secondary N) is 1. The summed E-state index contributed by atoms with van der Waals surface area (Å²) in [6.45, 7) is 8.99. The minimum Gasteiger partial charge on any atom is -0.383 e. The van der Waals surface area contributed by atoms with Crippen LogP contribution in [0, 0.1) is 0 Å². The largest absolute Gasteiger partial charge is 0.383 e. The molecule has 0 spiro atoms. The molecule has 1 N–H and O–H groups in total. The molecule has 2 atom stereocenters. The van der Waals surface area contributed by atoms with E-state index in [1.807, 2.05) is 11.8 Å². The molecule has 0 heterocycles. The molecule has 0 bridgehead atoms. The van der Waals surface area contributed by atoms with E-state index < -0.39 is 6.04 Å². The molecule has 0 saturated heterocycles. The Balaban J connectivity index is 2.74. The summed E-state index contributed by atoms with van der Waals surface area (Å²) in [6.07, 6.45) is 1.17. The third-order valence-corrected chi connectivity index (χ3v) is 7.60. The normalized spacial score (nSPS) is 15.9. The second kappa shape index (κ2) is 10.9. The third kappa shape index (κ3) is 7.99. The molecule has 0 aliphatic heterocycles. The van der Waals surface area contributed by atoms with Crippen LogP contribution in [0.2, 0.25) is 0 Å². The fourth-order valence-electron chi connectivity index (χ4n) is 2.43. The topological polar surface area (TPSA) is 30.5 Å². The summed E-state index contributed by atoms with van der Waals surface area (Å²) in [6, 6.07) is 9.40. The number of thioether (sulfide) groups is 1. The molecule has 3 nitrogen and oxygen atoms in total. The first-order valence-corrected chi connectivity index (χ1v) is 13.1. The Morgan fingerprint density at radius 1 is 1.25 bits per heavy atom.